The molecule has 1 spiro atoms. The van der Waals surface area contributed by atoms with Crippen LogP contribution in [0, 0.1) is 5.41 Å². The topological polar surface area (TPSA) is 72.3 Å². The second kappa shape index (κ2) is 7.23. The first-order valence-electron chi connectivity index (χ1n) is 9.53. The molecule has 0 unspecified atom stereocenters. The monoisotopic (exact) mass is 515 g/mol. The van der Waals surface area contributed by atoms with E-state index in [-0.39, 0.29) is 12.1 Å². The fourth-order valence-corrected chi connectivity index (χ4v) is 5.80. The number of hydrogen-bond donors (Lipinski definition) is 1. The van der Waals surface area contributed by atoms with E-state index in [1.165, 1.54) is 0 Å². The van der Waals surface area contributed by atoms with Gasteiger partial charge in [-0.1, -0.05) is 0 Å². The van der Waals surface area contributed by atoms with Crippen LogP contribution in [0.4, 0.5) is 10.6 Å². The van der Waals surface area contributed by atoms with Gasteiger partial charge in [0, 0.05) is 55.7 Å². The number of halogens is 1. The Hall–Kier alpha value is -1.23. The largest absolute Gasteiger partial charge is 0.444 e. The summed E-state index contributed by atoms with van der Waals surface area (Å²) in [5.74, 6) is 0.997. The van der Waals surface area contributed by atoms with E-state index < -0.39 is 5.60 Å². The Morgan fingerprint density at radius 3 is 2.71 bits per heavy atom. The molecule has 2 aromatic heterocycles. The number of rotatable bonds is 4. The number of nitrogens with one attached hydrogen (secondary N) is 1. The maximum absolute atomic E-state index is 11.9. The molecule has 2 saturated carbocycles. The quantitative estimate of drug-likeness (QED) is 0.603. The Bertz CT molecular complexity index is 882. The van der Waals surface area contributed by atoms with Crippen molar-refractivity contribution >= 4 is 53.3 Å². The smallest absolute Gasteiger partial charge is 0.407 e. The molecule has 1 amide bonds. The Morgan fingerprint density at radius 1 is 1.36 bits per heavy atom. The molecule has 2 aromatic rings. The summed E-state index contributed by atoms with van der Waals surface area (Å²) in [6, 6.07) is 2.81. The van der Waals surface area contributed by atoms with Crippen LogP contribution in [0.2, 0.25) is 0 Å². The fraction of sp³-hybridized carbons (Fsp3) is 0.632. The van der Waals surface area contributed by atoms with Gasteiger partial charge in [0.15, 0.2) is 5.65 Å². The highest BCUT2D eigenvalue weighted by molar-refractivity contribution is 14.2. The SMILES string of the molecule is CN(c1ncnc2c1ccn2SI)C1CC2(CC(NC(=O)OC(C)(C)C)C2)C1. The van der Waals surface area contributed by atoms with Gasteiger partial charge in [-0.25, -0.2) is 14.8 Å². The summed E-state index contributed by atoms with van der Waals surface area (Å²) in [6.45, 7) is 5.66. The molecule has 0 aromatic carbocycles. The number of ether oxygens (including phenoxy) is 1. The lowest BCUT2D eigenvalue weighted by Gasteiger charge is -2.59. The second-order valence-corrected chi connectivity index (χ2v) is 10.8. The molecule has 2 aliphatic rings. The molecular formula is C19H26IN5O2S. The van der Waals surface area contributed by atoms with E-state index in [4.69, 9.17) is 4.74 Å². The minimum atomic E-state index is -0.451. The standard InChI is InChI=1S/C19H26IN5O2S/c1-18(2,3)27-17(26)23-12-7-19(8-12)9-13(10-19)24(4)15-14-5-6-25(28-20)16(14)22-11-21-15/h5-6,11-13H,7-10H2,1-4H3,(H,23,26). The Balaban J connectivity index is 1.33. The van der Waals surface area contributed by atoms with Crippen LogP contribution in [0.3, 0.4) is 0 Å². The zero-order valence-corrected chi connectivity index (χ0v) is 19.6. The van der Waals surface area contributed by atoms with Crippen LogP contribution in [0.5, 0.6) is 0 Å². The van der Waals surface area contributed by atoms with Crippen LogP contribution in [0.1, 0.15) is 46.5 Å². The molecular weight excluding hydrogens is 489 g/mol. The lowest BCUT2D eigenvalue weighted by Crippen LogP contribution is -2.61. The Morgan fingerprint density at radius 2 is 2.07 bits per heavy atom. The van der Waals surface area contributed by atoms with E-state index in [0.29, 0.717) is 11.5 Å². The van der Waals surface area contributed by atoms with Gasteiger partial charge in [-0.2, -0.15) is 0 Å². The first-order valence-corrected chi connectivity index (χ1v) is 12.8. The van der Waals surface area contributed by atoms with Crippen LogP contribution in [-0.2, 0) is 4.74 Å². The zero-order chi connectivity index (χ0) is 20.1. The molecule has 2 fully saturated rings. The van der Waals surface area contributed by atoms with Crippen molar-refractivity contribution in [1.82, 2.24) is 19.3 Å². The van der Waals surface area contributed by atoms with Gasteiger partial charge in [-0.05, 0) is 57.9 Å². The van der Waals surface area contributed by atoms with Crippen LogP contribution >= 0.6 is 30.3 Å². The molecule has 0 atom stereocenters. The van der Waals surface area contributed by atoms with Gasteiger partial charge in [0.05, 0.1) is 5.39 Å². The summed E-state index contributed by atoms with van der Waals surface area (Å²) in [5, 5.41) is 4.10. The number of alkyl carbamates (subject to hydrolysis) is 1. The van der Waals surface area contributed by atoms with E-state index in [2.05, 4.69) is 58.5 Å². The summed E-state index contributed by atoms with van der Waals surface area (Å²) in [4.78, 5) is 23.2. The molecule has 7 nitrogen and oxygen atoms in total. The van der Waals surface area contributed by atoms with Gasteiger partial charge >= 0.3 is 6.09 Å². The number of nitrogens with zero attached hydrogens (tertiary/aromatic N) is 4. The maximum atomic E-state index is 11.9. The van der Waals surface area contributed by atoms with Crippen molar-refractivity contribution in [3.63, 3.8) is 0 Å². The number of fused-ring (bicyclic) bond motifs is 1. The molecule has 28 heavy (non-hydrogen) atoms. The van der Waals surface area contributed by atoms with Gasteiger partial charge in [-0.3, -0.25) is 3.97 Å². The average Bonchev–Trinajstić information content (AvgIpc) is 2.96. The summed E-state index contributed by atoms with van der Waals surface area (Å²) in [7, 11) is 3.74. The number of carbonyl (C=O) groups is 1. The lowest BCUT2D eigenvalue weighted by molar-refractivity contribution is -0.0240. The van der Waals surface area contributed by atoms with Gasteiger partial charge in [0.1, 0.15) is 17.7 Å². The van der Waals surface area contributed by atoms with Crippen LogP contribution in [0.25, 0.3) is 11.0 Å². The van der Waals surface area contributed by atoms with Crippen molar-refractivity contribution in [2.24, 2.45) is 5.41 Å². The molecule has 0 radical (unpaired) electrons. The Kier molecular flexibility index (Phi) is 5.18. The van der Waals surface area contributed by atoms with Crippen molar-refractivity contribution in [2.45, 2.75) is 64.1 Å². The van der Waals surface area contributed by atoms with Crippen molar-refractivity contribution < 1.29 is 9.53 Å². The van der Waals surface area contributed by atoms with Crippen molar-refractivity contribution in [2.75, 3.05) is 11.9 Å². The highest BCUT2D eigenvalue weighted by Crippen LogP contribution is 2.57. The number of anilines is 1. The van der Waals surface area contributed by atoms with Crippen LogP contribution in [-0.4, -0.2) is 44.8 Å². The zero-order valence-electron chi connectivity index (χ0n) is 16.6. The van der Waals surface area contributed by atoms with E-state index in [9.17, 15) is 4.79 Å². The highest BCUT2D eigenvalue weighted by Gasteiger charge is 2.54. The predicted molar refractivity (Wildman–Crippen MR) is 121 cm³/mol. The van der Waals surface area contributed by atoms with Gasteiger partial charge in [0.25, 0.3) is 0 Å². The van der Waals surface area contributed by atoms with Crippen molar-refractivity contribution in [3.05, 3.63) is 18.6 Å². The molecule has 1 N–H and O–H groups in total. The number of amides is 1. The first-order chi connectivity index (χ1) is 13.2. The minimum absolute atomic E-state index is 0.238. The lowest BCUT2D eigenvalue weighted by atomic mass is 9.52. The predicted octanol–water partition coefficient (Wildman–Crippen LogP) is 4.55. The highest BCUT2D eigenvalue weighted by atomic mass is 127. The molecule has 0 aliphatic heterocycles. The van der Waals surface area contributed by atoms with Crippen LogP contribution < -0.4 is 10.2 Å². The van der Waals surface area contributed by atoms with Crippen LogP contribution in [0.15, 0.2) is 18.6 Å². The van der Waals surface area contributed by atoms with Gasteiger partial charge in [0.2, 0.25) is 0 Å². The number of aromatic nitrogens is 3. The molecule has 4 rings (SSSR count). The van der Waals surface area contributed by atoms with Gasteiger partial charge in [-0.15, -0.1) is 0 Å². The molecule has 2 aliphatic carbocycles. The first kappa shape index (κ1) is 20.1. The van der Waals surface area contributed by atoms with Crippen molar-refractivity contribution in [3.8, 4) is 0 Å². The third-order valence-corrected chi connectivity index (χ3v) is 7.52. The average molecular weight is 515 g/mol. The Labute approximate surface area is 181 Å². The third kappa shape index (κ3) is 3.79. The second-order valence-electron chi connectivity index (χ2n) is 9.07. The molecule has 0 bridgehead atoms. The number of carbonyl (C=O) groups excluding carboxylic acids is 1. The molecule has 152 valence electrons. The summed E-state index contributed by atoms with van der Waals surface area (Å²) in [5.41, 5.74) is 0.873. The van der Waals surface area contributed by atoms with Crippen molar-refractivity contribution in [1.29, 1.82) is 0 Å². The third-order valence-electron chi connectivity index (χ3n) is 5.80. The summed E-state index contributed by atoms with van der Waals surface area (Å²) in [6.07, 6.45) is 7.74. The number of hydrogen-bond acceptors (Lipinski definition) is 6. The normalized spacial score (nSPS) is 26.6. The van der Waals surface area contributed by atoms with Gasteiger partial charge < -0.3 is 15.0 Å². The van der Waals surface area contributed by atoms with E-state index in [1.54, 1.807) is 15.4 Å². The molecule has 9 heteroatoms. The summed E-state index contributed by atoms with van der Waals surface area (Å²) < 4.78 is 7.41. The molecule has 2 heterocycles. The minimum Gasteiger partial charge on any atom is -0.444 e. The fourth-order valence-electron chi connectivity index (χ4n) is 4.53. The maximum Gasteiger partial charge on any atom is 0.407 e. The van der Waals surface area contributed by atoms with E-state index >= 15 is 0 Å². The summed E-state index contributed by atoms with van der Waals surface area (Å²) >= 11 is 2.26. The van der Waals surface area contributed by atoms with E-state index in [0.717, 1.165) is 42.5 Å². The molecule has 0 saturated heterocycles. The van der Waals surface area contributed by atoms with E-state index in [1.807, 2.05) is 27.0 Å².